The number of benzene rings is 1. The van der Waals surface area contributed by atoms with E-state index in [1.54, 1.807) is 11.0 Å². The second-order valence-corrected chi connectivity index (χ2v) is 5.10. The van der Waals surface area contributed by atoms with Crippen LogP contribution in [0.2, 0.25) is 0 Å². The number of amides is 1. The van der Waals surface area contributed by atoms with Crippen molar-refractivity contribution in [1.29, 1.82) is 0 Å². The molecule has 1 amide bonds. The molecule has 0 aromatic heterocycles. The van der Waals surface area contributed by atoms with Gasteiger partial charge in [0.05, 0.1) is 5.56 Å². The minimum atomic E-state index is -0.224. The number of hydrogen-bond donors (Lipinski definition) is 2. The lowest BCUT2D eigenvalue weighted by Gasteiger charge is -2.17. The van der Waals surface area contributed by atoms with Gasteiger partial charge in [-0.25, -0.2) is 0 Å². The molecule has 1 aliphatic rings. The maximum Gasteiger partial charge on any atom is 0.255 e. The molecule has 1 unspecified atom stereocenters. The van der Waals surface area contributed by atoms with Crippen LogP contribution in [0.25, 0.3) is 0 Å². The lowest BCUT2D eigenvalue weighted by molar-refractivity contribution is 0.0781. The minimum Gasteiger partial charge on any atom is -0.396 e. The molecule has 0 radical (unpaired) electrons. The fourth-order valence-corrected chi connectivity index (χ4v) is 2.42. The number of nitrogens with zero attached hydrogens (tertiary/aromatic N) is 1. The van der Waals surface area contributed by atoms with E-state index < -0.39 is 0 Å². The van der Waals surface area contributed by atoms with Crippen molar-refractivity contribution in [1.82, 2.24) is 4.90 Å². The molecule has 1 saturated heterocycles. The van der Waals surface area contributed by atoms with E-state index in [1.165, 1.54) is 0 Å². The highest BCUT2D eigenvalue weighted by molar-refractivity contribution is 5.97. The predicted octanol–water partition coefficient (Wildman–Crippen LogP) is 0.793. The highest BCUT2D eigenvalue weighted by Crippen LogP contribution is 2.20. The molecule has 20 heavy (non-hydrogen) atoms. The Morgan fingerprint density at radius 3 is 2.90 bits per heavy atom. The zero-order valence-corrected chi connectivity index (χ0v) is 11.6. The molecule has 4 nitrogen and oxygen atoms in total. The molecule has 0 saturated carbocycles. The van der Waals surface area contributed by atoms with Crippen molar-refractivity contribution < 1.29 is 15.0 Å². The standard InChI is InChI=1S/C16H19NO3/c1-12-4-5-15(14(9-12)3-2-8-18)16(20)17-7-6-13(10-17)11-19/h4-5,9,13,18-19H,6-8,10-11H2,1H3. The molecular formula is C16H19NO3. The minimum absolute atomic E-state index is 0.0526. The van der Waals surface area contributed by atoms with Crippen LogP contribution in [0.15, 0.2) is 18.2 Å². The number of carbonyl (C=O) groups is 1. The molecule has 1 fully saturated rings. The normalized spacial score (nSPS) is 17.8. The largest absolute Gasteiger partial charge is 0.396 e. The predicted molar refractivity (Wildman–Crippen MR) is 76.2 cm³/mol. The van der Waals surface area contributed by atoms with E-state index in [4.69, 9.17) is 10.2 Å². The second kappa shape index (κ2) is 6.56. The topological polar surface area (TPSA) is 60.8 Å². The fourth-order valence-electron chi connectivity index (χ4n) is 2.42. The van der Waals surface area contributed by atoms with Gasteiger partial charge >= 0.3 is 0 Å². The average Bonchev–Trinajstić information content (AvgIpc) is 2.93. The summed E-state index contributed by atoms with van der Waals surface area (Å²) < 4.78 is 0. The van der Waals surface area contributed by atoms with Crippen molar-refractivity contribution in [3.8, 4) is 11.8 Å². The van der Waals surface area contributed by atoms with Crippen LogP contribution in [-0.2, 0) is 0 Å². The highest BCUT2D eigenvalue weighted by Gasteiger charge is 2.27. The van der Waals surface area contributed by atoms with Gasteiger partial charge < -0.3 is 15.1 Å². The number of hydrogen-bond acceptors (Lipinski definition) is 3. The molecule has 106 valence electrons. The molecule has 1 atom stereocenters. The van der Waals surface area contributed by atoms with Gasteiger partial charge in [-0.2, -0.15) is 0 Å². The first-order valence-corrected chi connectivity index (χ1v) is 6.76. The smallest absolute Gasteiger partial charge is 0.255 e. The molecule has 2 rings (SSSR count). The molecule has 1 aromatic rings. The van der Waals surface area contributed by atoms with E-state index >= 15 is 0 Å². The lowest BCUT2D eigenvalue weighted by Crippen LogP contribution is -2.29. The summed E-state index contributed by atoms with van der Waals surface area (Å²) >= 11 is 0. The van der Waals surface area contributed by atoms with Crippen molar-refractivity contribution >= 4 is 5.91 Å². The summed E-state index contributed by atoms with van der Waals surface area (Å²) in [4.78, 5) is 14.3. The molecule has 1 aliphatic heterocycles. The van der Waals surface area contributed by atoms with Gasteiger partial charge in [-0.05, 0) is 31.0 Å². The summed E-state index contributed by atoms with van der Waals surface area (Å²) in [7, 11) is 0. The van der Waals surface area contributed by atoms with E-state index in [0.717, 1.165) is 12.0 Å². The van der Waals surface area contributed by atoms with Gasteiger partial charge in [0.1, 0.15) is 6.61 Å². The zero-order valence-electron chi connectivity index (χ0n) is 11.6. The summed E-state index contributed by atoms with van der Waals surface area (Å²) in [6, 6.07) is 5.53. The zero-order chi connectivity index (χ0) is 14.5. The Bertz CT molecular complexity index is 557. The van der Waals surface area contributed by atoms with Gasteiger partial charge in [0.15, 0.2) is 0 Å². The van der Waals surface area contributed by atoms with Crippen LogP contribution in [0.3, 0.4) is 0 Å². The van der Waals surface area contributed by atoms with E-state index in [-0.39, 0.29) is 25.0 Å². The van der Waals surface area contributed by atoms with Crippen LogP contribution in [0.1, 0.15) is 27.9 Å². The molecule has 0 spiro atoms. The van der Waals surface area contributed by atoms with Crippen LogP contribution < -0.4 is 0 Å². The third-order valence-corrected chi connectivity index (χ3v) is 3.54. The Morgan fingerprint density at radius 1 is 1.45 bits per heavy atom. The number of likely N-dealkylation sites (tertiary alicyclic amines) is 1. The van der Waals surface area contributed by atoms with Crippen molar-refractivity contribution in [3.05, 3.63) is 34.9 Å². The number of carbonyl (C=O) groups excluding carboxylic acids is 1. The lowest BCUT2D eigenvalue weighted by atomic mass is 10.0. The molecule has 2 N–H and O–H groups in total. The van der Waals surface area contributed by atoms with Crippen LogP contribution in [-0.4, -0.2) is 47.3 Å². The number of aliphatic hydroxyl groups is 2. The monoisotopic (exact) mass is 273 g/mol. The van der Waals surface area contributed by atoms with Crippen LogP contribution in [0.5, 0.6) is 0 Å². The van der Waals surface area contributed by atoms with E-state index in [0.29, 0.717) is 24.2 Å². The van der Waals surface area contributed by atoms with Gasteiger partial charge in [-0.15, -0.1) is 0 Å². The van der Waals surface area contributed by atoms with Gasteiger partial charge in [0.25, 0.3) is 5.91 Å². The van der Waals surface area contributed by atoms with Crippen LogP contribution in [0.4, 0.5) is 0 Å². The summed E-state index contributed by atoms with van der Waals surface area (Å²) in [5, 5.41) is 18.0. The van der Waals surface area contributed by atoms with Gasteiger partial charge in [-0.1, -0.05) is 17.9 Å². The molecule has 4 heteroatoms. The molecule has 1 aromatic carbocycles. The molecule has 1 heterocycles. The SMILES string of the molecule is Cc1ccc(C(=O)N2CCC(CO)C2)c(C#CCO)c1. The first kappa shape index (κ1) is 14.6. The number of aliphatic hydroxyl groups excluding tert-OH is 2. The maximum atomic E-state index is 12.5. The average molecular weight is 273 g/mol. The van der Waals surface area contributed by atoms with Gasteiger partial charge in [-0.3, -0.25) is 4.79 Å². The number of rotatable bonds is 2. The second-order valence-electron chi connectivity index (χ2n) is 5.10. The third kappa shape index (κ3) is 3.19. The quantitative estimate of drug-likeness (QED) is 0.783. The van der Waals surface area contributed by atoms with E-state index in [9.17, 15) is 4.79 Å². The summed E-state index contributed by atoms with van der Waals surface area (Å²) in [5.74, 6) is 5.55. The first-order chi connectivity index (χ1) is 9.65. The Hall–Kier alpha value is -1.83. The Balaban J connectivity index is 2.25. The molecule has 0 aliphatic carbocycles. The summed E-state index contributed by atoms with van der Waals surface area (Å²) in [5.41, 5.74) is 2.24. The summed E-state index contributed by atoms with van der Waals surface area (Å²) in [6.45, 7) is 3.10. The summed E-state index contributed by atoms with van der Waals surface area (Å²) in [6.07, 6.45) is 0.839. The van der Waals surface area contributed by atoms with Crippen molar-refractivity contribution in [2.24, 2.45) is 5.92 Å². The van der Waals surface area contributed by atoms with E-state index in [2.05, 4.69) is 11.8 Å². The third-order valence-electron chi connectivity index (χ3n) is 3.54. The van der Waals surface area contributed by atoms with Crippen molar-refractivity contribution in [2.75, 3.05) is 26.3 Å². The van der Waals surface area contributed by atoms with Crippen LogP contribution >= 0.6 is 0 Å². The van der Waals surface area contributed by atoms with E-state index in [1.807, 2.05) is 19.1 Å². The van der Waals surface area contributed by atoms with Gasteiger partial charge in [0, 0.05) is 31.2 Å². The van der Waals surface area contributed by atoms with Crippen molar-refractivity contribution in [3.63, 3.8) is 0 Å². The maximum absolute atomic E-state index is 12.5. The Morgan fingerprint density at radius 2 is 2.25 bits per heavy atom. The first-order valence-electron chi connectivity index (χ1n) is 6.76. The molecule has 0 bridgehead atoms. The fraction of sp³-hybridized carbons (Fsp3) is 0.438. The Kier molecular flexibility index (Phi) is 4.78. The number of aryl methyl sites for hydroxylation is 1. The Labute approximate surface area is 119 Å². The molecular weight excluding hydrogens is 254 g/mol. The van der Waals surface area contributed by atoms with Gasteiger partial charge in [0.2, 0.25) is 0 Å². The highest BCUT2D eigenvalue weighted by atomic mass is 16.3. The van der Waals surface area contributed by atoms with Crippen LogP contribution in [0, 0.1) is 24.7 Å². The van der Waals surface area contributed by atoms with Crippen molar-refractivity contribution in [2.45, 2.75) is 13.3 Å².